The molecule has 0 unspecified atom stereocenters. The van der Waals surface area contributed by atoms with Crippen molar-refractivity contribution in [1.29, 1.82) is 0 Å². The zero-order valence-electron chi connectivity index (χ0n) is 16.1. The van der Waals surface area contributed by atoms with Crippen molar-refractivity contribution < 1.29 is 37.9 Å². The van der Waals surface area contributed by atoms with Crippen molar-refractivity contribution in [3.05, 3.63) is 35.9 Å². The van der Waals surface area contributed by atoms with Gasteiger partial charge in [-0.15, -0.1) is 5.06 Å². The van der Waals surface area contributed by atoms with Gasteiger partial charge in [-0.1, -0.05) is 30.3 Å². The summed E-state index contributed by atoms with van der Waals surface area (Å²) in [5.41, 5.74) is 3.55. The third-order valence-electron chi connectivity index (χ3n) is 4.62. The van der Waals surface area contributed by atoms with Crippen LogP contribution in [0.3, 0.4) is 0 Å². The van der Waals surface area contributed by atoms with E-state index in [4.69, 9.17) is 15.7 Å². The fraction of sp³-hybridized carbons (Fsp3) is 0.474. The number of nitrogens with two attached hydrogens (primary N) is 1. The number of hydrogen-bond donors (Lipinski definition) is 3. The first kappa shape index (κ1) is 23.7. The Morgan fingerprint density at radius 3 is 2.47 bits per heavy atom. The number of rotatable bonds is 12. The Bertz CT molecular complexity index is 786. The van der Waals surface area contributed by atoms with E-state index in [1.54, 1.807) is 30.3 Å². The Labute approximate surface area is 171 Å². The summed E-state index contributed by atoms with van der Waals surface area (Å²) >= 11 is 0. The van der Waals surface area contributed by atoms with Gasteiger partial charge < -0.3 is 16.2 Å². The van der Waals surface area contributed by atoms with Crippen LogP contribution in [0.2, 0.25) is 0 Å². The smallest absolute Gasteiger partial charge is 0.320 e. The van der Waals surface area contributed by atoms with E-state index in [1.807, 2.05) is 0 Å². The molecule has 11 heteroatoms. The monoisotopic (exact) mass is 427 g/mol. The van der Waals surface area contributed by atoms with Gasteiger partial charge in [0.15, 0.2) is 5.66 Å². The molecule has 30 heavy (non-hydrogen) atoms. The van der Waals surface area contributed by atoms with E-state index in [1.165, 1.54) is 0 Å². The first-order chi connectivity index (χ1) is 14.1. The third-order valence-corrected chi connectivity index (χ3v) is 4.62. The topological polar surface area (TPSA) is 139 Å². The second-order valence-corrected chi connectivity index (χ2v) is 6.88. The number of alkyl halides is 2. The predicted molar refractivity (Wildman–Crippen MR) is 99.2 cm³/mol. The van der Waals surface area contributed by atoms with Gasteiger partial charge >= 0.3 is 5.97 Å². The Hall–Kier alpha value is -2.60. The summed E-state index contributed by atoms with van der Waals surface area (Å²) in [7, 11) is 0. The molecule has 2 rings (SSSR count). The molecule has 1 saturated heterocycles. The zero-order chi connectivity index (χ0) is 22.3. The number of hydroxylamine groups is 2. The molecule has 164 valence electrons. The van der Waals surface area contributed by atoms with Crippen LogP contribution in [0.15, 0.2) is 30.3 Å². The van der Waals surface area contributed by atoms with Gasteiger partial charge in [0.1, 0.15) is 6.54 Å². The maximum Gasteiger partial charge on any atom is 0.320 e. The SMILES string of the molecule is N[C@](CC(F)F)(C(=O)C(=O)C(=O)[C@@H]1CCCN1)N(CC(=O)O)OCc1ccccc1. The summed E-state index contributed by atoms with van der Waals surface area (Å²) < 4.78 is 26.5. The van der Waals surface area contributed by atoms with E-state index >= 15 is 0 Å². The summed E-state index contributed by atoms with van der Waals surface area (Å²) in [6.07, 6.45) is -3.66. The zero-order valence-corrected chi connectivity index (χ0v) is 16.1. The van der Waals surface area contributed by atoms with E-state index in [-0.39, 0.29) is 6.61 Å². The molecule has 2 atom stereocenters. The average molecular weight is 427 g/mol. The quantitative estimate of drug-likeness (QED) is 0.186. The fourth-order valence-electron chi connectivity index (χ4n) is 3.07. The molecule has 1 aliphatic rings. The van der Waals surface area contributed by atoms with Crippen LogP contribution in [-0.2, 0) is 30.6 Å². The lowest BCUT2D eigenvalue weighted by Crippen LogP contribution is -2.66. The van der Waals surface area contributed by atoms with Crippen LogP contribution in [-0.4, -0.2) is 64.7 Å². The molecule has 1 aromatic rings. The first-order valence-corrected chi connectivity index (χ1v) is 9.25. The highest BCUT2D eigenvalue weighted by atomic mass is 19.3. The third kappa shape index (κ3) is 5.95. The molecule has 1 heterocycles. The number of nitrogens with zero attached hydrogens (tertiary/aromatic N) is 1. The Kier molecular flexibility index (Phi) is 8.24. The molecule has 0 aliphatic carbocycles. The second-order valence-electron chi connectivity index (χ2n) is 6.88. The van der Waals surface area contributed by atoms with Crippen molar-refractivity contribution in [2.24, 2.45) is 5.73 Å². The molecule has 4 N–H and O–H groups in total. The van der Waals surface area contributed by atoms with Crippen LogP contribution >= 0.6 is 0 Å². The minimum atomic E-state index is -3.18. The first-order valence-electron chi connectivity index (χ1n) is 9.25. The van der Waals surface area contributed by atoms with Crippen molar-refractivity contribution in [3.63, 3.8) is 0 Å². The standard InChI is InChI=1S/C19H23F2N3O6/c20-14(21)9-19(22,18(29)17(28)16(27)13-7-4-8-23-13)24(10-15(25)26)30-11-12-5-2-1-3-6-12/h1-3,5-6,13-14,23H,4,7-11,22H2,(H,25,26)/t13-,19-/m0/s1. The molecule has 1 aliphatic heterocycles. The van der Waals surface area contributed by atoms with Crippen LogP contribution < -0.4 is 11.1 Å². The Morgan fingerprint density at radius 1 is 1.27 bits per heavy atom. The van der Waals surface area contributed by atoms with Crippen molar-refractivity contribution in [2.45, 2.75) is 44.0 Å². The minimum Gasteiger partial charge on any atom is -0.480 e. The molecular formula is C19H23F2N3O6. The molecule has 9 nitrogen and oxygen atoms in total. The van der Waals surface area contributed by atoms with Gasteiger partial charge in [0, 0.05) is 6.42 Å². The maximum absolute atomic E-state index is 13.2. The van der Waals surface area contributed by atoms with Crippen molar-refractivity contribution >= 4 is 23.3 Å². The summed E-state index contributed by atoms with van der Waals surface area (Å²) in [6, 6.07) is 7.37. The summed E-state index contributed by atoms with van der Waals surface area (Å²) in [4.78, 5) is 54.0. The maximum atomic E-state index is 13.2. The number of benzene rings is 1. The molecule has 0 spiro atoms. The normalized spacial score (nSPS) is 18.4. The average Bonchev–Trinajstić information content (AvgIpc) is 3.24. The van der Waals surface area contributed by atoms with Crippen molar-refractivity contribution in [3.8, 4) is 0 Å². The van der Waals surface area contributed by atoms with Crippen LogP contribution in [0.5, 0.6) is 0 Å². The second kappa shape index (κ2) is 10.4. The number of carbonyl (C=O) groups excluding carboxylic acids is 3. The van der Waals surface area contributed by atoms with Crippen LogP contribution in [0.25, 0.3) is 0 Å². The number of carboxylic acid groups (broad SMARTS) is 1. The Balaban J connectivity index is 2.29. The highest BCUT2D eigenvalue weighted by Gasteiger charge is 2.50. The molecule has 1 aromatic carbocycles. The molecule has 1 fully saturated rings. The summed E-state index contributed by atoms with van der Waals surface area (Å²) in [6.45, 7) is -0.894. The predicted octanol–water partition coefficient (Wildman–Crippen LogP) is 0.274. The van der Waals surface area contributed by atoms with E-state index in [9.17, 15) is 28.0 Å². The molecular weight excluding hydrogens is 404 g/mol. The van der Waals surface area contributed by atoms with Gasteiger partial charge in [0.2, 0.25) is 18.0 Å². The lowest BCUT2D eigenvalue weighted by molar-refractivity contribution is -0.236. The number of Topliss-reactive ketones (excluding diaryl/α,β-unsaturated/α-hetero) is 3. The van der Waals surface area contributed by atoms with Gasteiger partial charge in [-0.3, -0.25) is 24.0 Å². The summed E-state index contributed by atoms with van der Waals surface area (Å²) in [5, 5.41) is 12.2. The highest BCUT2D eigenvalue weighted by Crippen LogP contribution is 2.23. The van der Waals surface area contributed by atoms with Gasteiger partial charge in [-0.25, -0.2) is 8.78 Å². The van der Waals surface area contributed by atoms with E-state index in [0.717, 1.165) is 0 Å². The molecule has 0 bridgehead atoms. The largest absolute Gasteiger partial charge is 0.480 e. The lowest BCUT2D eigenvalue weighted by Gasteiger charge is -2.36. The van der Waals surface area contributed by atoms with Crippen LogP contribution in [0.1, 0.15) is 24.8 Å². The number of hydrogen-bond acceptors (Lipinski definition) is 8. The van der Waals surface area contributed by atoms with Gasteiger partial charge in [-0.05, 0) is 24.9 Å². The van der Waals surface area contributed by atoms with Crippen molar-refractivity contribution in [1.82, 2.24) is 10.4 Å². The number of aliphatic carboxylic acids is 1. The molecule has 0 radical (unpaired) electrons. The molecule has 0 amide bonds. The van der Waals surface area contributed by atoms with E-state index in [0.29, 0.717) is 30.0 Å². The number of ketones is 3. The fourth-order valence-corrected chi connectivity index (χ4v) is 3.07. The molecule has 0 saturated carbocycles. The van der Waals surface area contributed by atoms with Crippen LogP contribution in [0, 0.1) is 0 Å². The van der Waals surface area contributed by atoms with Crippen LogP contribution in [0.4, 0.5) is 8.78 Å². The number of halogens is 2. The van der Waals surface area contributed by atoms with Gasteiger partial charge in [-0.2, -0.15) is 0 Å². The number of carboxylic acids is 1. The van der Waals surface area contributed by atoms with E-state index < -0.39 is 54.4 Å². The van der Waals surface area contributed by atoms with Gasteiger partial charge in [0.05, 0.1) is 12.6 Å². The minimum absolute atomic E-state index is 0.296. The summed E-state index contributed by atoms with van der Waals surface area (Å²) in [5.74, 6) is -5.84. The van der Waals surface area contributed by atoms with E-state index in [2.05, 4.69) is 5.32 Å². The number of carbonyl (C=O) groups is 4. The highest BCUT2D eigenvalue weighted by molar-refractivity contribution is 6.66. The molecule has 0 aromatic heterocycles. The van der Waals surface area contributed by atoms with Gasteiger partial charge in [0.25, 0.3) is 5.78 Å². The Morgan fingerprint density at radius 2 is 1.93 bits per heavy atom. The van der Waals surface area contributed by atoms with Crippen molar-refractivity contribution in [2.75, 3.05) is 13.1 Å². The number of nitrogens with one attached hydrogen (secondary N) is 1. The lowest BCUT2D eigenvalue weighted by atomic mass is 9.93.